The van der Waals surface area contributed by atoms with Crippen molar-refractivity contribution >= 4 is 48.9 Å². The van der Waals surface area contributed by atoms with Crippen molar-refractivity contribution in [3.63, 3.8) is 0 Å². The van der Waals surface area contributed by atoms with Gasteiger partial charge in [0.25, 0.3) is 10.0 Å². The zero-order valence-corrected chi connectivity index (χ0v) is 14.0. The monoisotopic (exact) mass is 392 g/mol. The highest BCUT2D eigenvalue weighted by Gasteiger charge is 2.20. The fourth-order valence-electron chi connectivity index (χ4n) is 1.62. The molecular formula is C13H11BrClFN2O2S. The quantitative estimate of drug-likeness (QED) is 0.776. The van der Waals surface area contributed by atoms with Crippen LogP contribution in [0.2, 0.25) is 5.02 Å². The van der Waals surface area contributed by atoms with E-state index in [0.717, 1.165) is 22.2 Å². The van der Waals surface area contributed by atoms with Crippen molar-refractivity contribution in [3.8, 4) is 0 Å². The van der Waals surface area contributed by atoms with Gasteiger partial charge in [0, 0.05) is 10.2 Å². The molecule has 8 heteroatoms. The van der Waals surface area contributed by atoms with Crippen LogP contribution in [0.25, 0.3) is 0 Å². The largest absolute Gasteiger partial charge is 0.396 e. The lowest BCUT2D eigenvalue weighted by molar-refractivity contribution is 0.600. The molecule has 112 valence electrons. The first-order chi connectivity index (χ1) is 9.70. The molecule has 0 atom stereocenters. The lowest BCUT2D eigenvalue weighted by Gasteiger charge is -2.11. The van der Waals surface area contributed by atoms with Crippen LogP contribution in [-0.4, -0.2) is 8.42 Å². The summed E-state index contributed by atoms with van der Waals surface area (Å²) in [5.74, 6) is -0.767. The van der Waals surface area contributed by atoms with Gasteiger partial charge in [0.1, 0.15) is 10.7 Å². The summed E-state index contributed by atoms with van der Waals surface area (Å²) >= 11 is 9.10. The van der Waals surface area contributed by atoms with Gasteiger partial charge in [-0.2, -0.15) is 0 Å². The molecule has 0 fully saturated rings. The third-order valence-corrected chi connectivity index (χ3v) is 5.47. The van der Waals surface area contributed by atoms with Gasteiger partial charge >= 0.3 is 0 Å². The number of benzene rings is 2. The Kier molecular flexibility index (Phi) is 4.46. The van der Waals surface area contributed by atoms with Gasteiger partial charge in [-0.1, -0.05) is 33.6 Å². The maximum Gasteiger partial charge on any atom is 0.263 e. The van der Waals surface area contributed by atoms with E-state index >= 15 is 0 Å². The van der Waals surface area contributed by atoms with Crippen molar-refractivity contribution < 1.29 is 12.8 Å². The molecule has 4 nitrogen and oxygen atoms in total. The van der Waals surface area contributed by atoms with Crippen LogP contribution in [0.5, 0.6) is 0 Å². The van der Waals surface area contributed by atoms with Crippen LogP contribution < -0.4 is 10.5 Å². The molecule has 0 amide bonds. The minimum Gasteiger partial charge on any atom is -0.396 e. The van der Waals surface area contributed by atoms with Crippen molar-refractivity contribution in [3.05, 3.63) is 51.2 Å². The minimum atomic E-state index is -3.96. The summed E-state index contributed by atoms with van der Waals surface area (Å²) < 4.78 is 41.0. The van der Waals surface area contributed by atoms with E-state index in [2.05, 4.69) is 20.7 Å². The summed E-state index contributed by atoms with van der Waals surface area (Å²) in [5, 5.41) is -0.236. The smallest absolute Gasteiger partial charge is 0.263 e. The van der Waals surface area contributed by atoms with Crippen molar-refractivity contribution in [2.75, 3.05) is 10.5 Å². The summed E-state index contributed by atoms with van der Waals surface area (Å²) in [6.45, 7) is 1.87. The van der Waals surface area contributed by atoms with Crippen LogP contribution in [0.15, 0.2) is 39.7 Å². The third-order valence-electron chi connectivity index (χ3n) is 2.76. The standard InChI is InChI=1S/C13H11BrClFN2O2S/c1-7-2-3-8(4-9(7)14)18-21(19,20)13-6-12(17)11(16)5-10(13)15/h2-6,18H,17H2,1H3. The number of anilines is 2. The van der Waals surface area contributed by atoms with Crippen LogP contribution in [0.1, 0.15) is 5.56 Å². The zero-order valence-electron chi connectivity index (χ0n) is 10.8. The Balaban J connectivity index is 2.43. The molecule has 0 saturated carbocycles. The Morgan fingerprint density at radius 1 is 1.29 bits per heavy atom. The Morgan fingerprint density at radius 2 is 1.95 bits per heavy atom. The lowest BCUT2D eigenvalue weighted by Crippen LogP contribution is -2.14. The van der Waals surface area contributed by atoms with Gasteiger partial charge in [-0.05, 0) is 36.8 Å². The molecule has 0 spiro atoms. The molecule has 0 unspecified atom stereocenters. The van der Waals surface area contributed by atoms with Gasteiger partial charge in [-0.15, -0.1) is 0 Å². The van der Waals surface area contributed by atoms with E-state index in [-0.39, 0.29) is 15.6 Å². The highest BCUT2D eigenvalue weighted by molar-refractivity contribution is 9.10. The molecule has 0 aliphatic carbocycles. The summed E-state index contributed by atoms with van der Waals surface area (Å²) in [6.07, 6.45) is 0. The third kappa shape index (κ3) is 3.48. The zero-order chi connectivity index (χ0) is 15.8. The normalized spacial score (nSPS) is 11.4. The van der Waals surface area contributed by atoms with Crippen molar-refractivity contribution in [1.82, 2.24) is 0 Å². The van der Waals surface area contributed by atoms with Crippen molar-refractivity contribution in [1.29, 1.82) is 0 Å². The summed E-state index contributed by atoms with van der Waals surface area (Å²) in [4.78, 5) is -0.278. The maximum atomic E-state index is 13.2. The number of nitrogens with one attached hydrogen (secondary N) is 1. The lowest BCUT2D eigenvalue weighted by atomic mass is 10.2. The van der Waals surface area contributed by atoms with Gasteiger partial charge in [-0.3, -0.25) is 4.72 Å². The second-order valence-electron chi connectivity index (χ2n) is 4.37. The van der Waals surface area contributed by atoms with Gasteiger partial charge in [0.15, 0.2) is 0 Å². The number of rotatable bonds is 3. The molecule has 3 N–H and O–H groups in total. The maximum absolute atomic E-state index is 13.2. The first-order valence-corrected chi connectivity index (χ1v) is 8.39. The molecule has 0 radical (unpaired) electrons. The van der Waals surface area contributed by atoms with E-state index in [1.54, 1.807) is 18.2 Å². The Morgan fingerprint density at radius 3 is 2.57 bits per heavy atom. The summed E-state index contributed by atoms with van der Waals surface area (Å²) in [7, 11) is -3.96. The van der Waals surface area contributed by atoms with Gasteiger partial charge in [0.05, 0.1) is 10.7 Å². The van der Waals surface area contributed by atoms with Crippen LogP contribution in [0.4, 0.5) is 15.8 Å². The number of sulfonamides is 1. The Hall–Kier alpha value is -1.31. The second kappa shape index (κ2) is 5.82. The average Bonchev–Trinajstić information content (AvgIpc) is 2.37. The molecule has 0 aliphatic rings. The fraction of sp³-hybridized carbons (Fsp3) is 0.0769. The first kappa shape index (κ1) is 16.1. The first-order valence-electron chi connectivity index (χ1n) is 5.74. The number of nitrogen functional groups attached to an aromatic ring is 1. The molecule has 2 rings (SSSR count). The molecular weight excluding hydrogens is 383 g/mol. The molecule has 0 heterocycles. The van der Waals surface area contributed by atoms with Gasteiger partial charge < -0.3 is 5.73 Å². The van der Waals surface area contributed by atoms with Crippen molar-refractivity contribution in [2.24, 2.45) is 0 Å². The number of aryl methyl sites for hydroxylation is 1. The summed E-state index contributed by atoms with van der Waals surface area (Å²) in [5.41, 5.74) is 6.42. The molecule has 2 aromatic carbocycles. The van der Waals surface area contributed by atoms with Gasteiger partial charge in [-0.25, -0.2) is 12.8 Å². The van der Waals surface area contributed by atoms with E-state index in [1.807, 2.05) is 6.92 Å². The molecule has 0 saturated heterocycles. The van der Waals surface area contributed by atoms with Crippen LogP contribution in [-0.2, 0) is 10.0 Å². The average molecular weight is 394 g/mol. The van der Waals surface area contributed by atoms with E-state index in [0.29, 0.717) is 5.69 Å². The fourth-order valence-corrected chi connectivity index (χ4v) is 3.60. The second-order valence-corrected chi connectivity index (χ2v) is 7.29. The topological polar surface area (TPSA) is 72.2 Å². The highest BCUT2D eigenvalue weighted by Crippen LogP contribution is 2.29. The Bertz CT molecular complexity index is 812. The molecule has 0 aliphatic heterocycles. The van der Waals surface area contributed by atoms with E-state index in [9.17, 15) is 12.8 Å². The molecule has 0 bridgehead atoms. The number of halogens is 3. The molecule has 21 heavy (non-hydrogen) atoms. The van der Waals surface area contributed by atoms with Crippen molar-refractivity contribution in [2.45, 2.75) is 11.8 Å². The summed E-state index contributed by atoms with van der Waals surface area (Å²) in [6, 6.07) is 6.84. The predicted octanol–water partition coefficient (Wildman–Crippen LogP) is 3.93. The number of hydrogen-bond donors (Lipinski definition) is 2. The molecule has 0 aromatic heterocycles. The van der Waals surface area contributed by atoms with Crippen LogP contribution >= 0.6 is 27.5 Å². The van der Waals surface area contributed by atoms with E-state index in [1.165, 1.54) is 0 Å². The Labute approximate surface area is 135 Å². The van der Waals surface area contributed by atoms with Crippen LogP contribution in [0, 0.1) is 12.7 Å². The van der Waals surface area contributed by atoms with Gasteiger partial charge in [0.2, 0.25) is 0 Å². The molecule has 2 aromatic rings. The van der Waals surface area contributed by atoms with E-state index < -0.39 is 15.8 Å². The SMILES string of the molecule is Cc1ccc(NS(=O)(=O)c2cc(N)c(F)cc2Cl)cc1Br. The minimum absolute atomic E-state index is 0.236. The van der Waals surface area contributed by atoms with E-state index in [4.69, 9.17) is 17.3 Å². The highest BCUT2D eigenvalue weighted by atomic mass is 79.9. The van der Waals surface area contributed by atoms with Crippen LogP contribution in [0.3, 0.4) is 0 Å². The predicted molar refractivity (Wildman–Crippen MR) is 85.5 cm³/mol. The number of hydrogen-bond acceptors (Lipinski definition) is 3. The number of nitrogens with two attached hydrogens (primary N) is 1.